The standard InChI is InChI=1S/C24H22N4O2S/c1-2-17-3-9-21(10-4-17)30-15-23(29)26-19-5-7-20(8-6-19)27-24-28-22(16-31-24)18-11-13-25-14-12-18/h3-14,16H,2,15H2,1H3,(H,26,29)(H,27,28). The topological polar surface area (TPSA) is 76.1 Å². The predicted octanol–water partition coefficient (Wildman–Crippen LogP) is 5.53. The first-order valence-electron chi connectivity index (χ1n) is 9.94. The highest BCUT2D eigenvalue weighted by molar-refractivity contribution is 7.14. The molecule has 4 rings (SSSR count). The van der Waals surface area contributed by atoms with E-state index >= 15 is 0 Å². The van der Waals surface area contributed by atoms with Crippen molar-refractivity contribution >= 4 is 33.8 Å². The second-order valence-electron chi connectivity index (χ2n) is 6.81. The molecule has 2 heterocycles. The summed E-state index contributed by atoms with van der Waals surface area (Å²) in [4.78, 5) is 20.8. The number of benzene rings is 2. The molecular weight excluding hydrogens is 408 g/mol. The lowest BCUT2D eigenvalue weighted by molar-refractivity contribution is -0.118. The van der Waals surface area contributed by atoms with Gasteiger partial charge in [-0.25, -0.2) is 4.98 Å². The van der Waals surface area contributed by atoms with Crippen molar-refractivity contribution in [2.24, 2.45) is 0 Å². The van der Waals surface area contributed by atoms with Crippen LogP contribution in [0.25, 0.3) is 11.3 Å². The van der Waals surface area contributed by atoms with E-state index in [1.807, 2.05) is 66.0 Å². The van der Waals surface area contributed by atoms with Gasteiger partial charge in [-0.05, 0) is 60.5 Å². The summed E-state index contributed by atoms with van der Waals surface area (Å²) in [5.41, 5.74) is 4.76. The Labute approximate surface area is 185 Å². The van der Waals surface area contributed by atoms with Crippen LogP contribution in [0.5, 0.6) is 5.75 Å². The summed E-state index contributed by atoms with van der Waals surface area (Å²) in [6, 6.07) is 19.1. The maximum absolute atomic E-state index is 12.2. The van der Waals surface area contributed by atoms with Crippen LogP contribution in [-0.4, -0.2) is 22.5 Å². The lowest BCUT2D eigenvalue weighted by Gasteiger charge is -2.09. The van der Waals surface area contributed by atoms with Gasteiger partial charge in [-0.2, -0.15) is 0 Å². The summed E-state index contributed by atoms with van der Waals surface area (Å²) in [5, 5.41) is 8.93. The van der Waals surface area contributed by atoms with E-state index in [1.54, 1.807) is 12.4 Å². The number of ether oxygens (including phenoxy) is 1. The molecule has 0 bridgehead atoms. The predicted molar refractivity (Wildman–Crippen MR) is 125 cm³/mol. The van der Waals surface area contributed by atoms with Gasteiger partial charge in [-0.15, -0.1) is 11.3 Å². The molecule has 4 aromatic rings. The fraction of sp³-hybridized carbons (Fsp3) is 0.125. The largest absolute Gasteiger partial charge is 0.484 e. The van der Waals surface area contributed by atoms with Crippen LogP contribution in [0.1, 0.15) is 12.5 Å². The van der Waals surface area contributed by atoms with E-state index in [-0.39, 0.29) is 12.5 Å². The van der Waals surface area contributed by atoms with Crippen molar-refractivity contribution in [3.05, 3.63) is 84.0 Å². The summed E-state index contributed by atoms with van der Waals surface area (Å²) < 4.78 is 5.55. The van der Waals surface area contributed by atoms with Gasteiger partial charge < -0.3 is 15.4 Å². The van der Waals surface area contributed by atoms with Crippen LogP contribution in [0.3, 0.4) is 0 Å². The van der Waals surface area contributed by atoms with Crippen molar-refractivity contribution in [2.45, 2.75) is 13.3 Å². The fourth-order valence-electron chi connectivity index (χ4n) is 2.91. The molecule has 0 unspecified atom stereocenters. The second-order valence-corrected chi connectivity index (χ2v) is 7.67. The Balaban J connectivity index is 1.29. The van der Waals surface area contributed by atoms with Crippen molar-refractivity contribution in [3.63, 3.8) is 0 Å². The minimum Gasteiger partial charge on any atom is -0.484 e. The van der Waals surface area contributed by atoms with Crippen LogP contribution in [-0.2, 0) is 11.2 Å². The van der Waals surface area contributed by atoms with Crippen LogP contribution in [0.4, 0.5) is 16.5 Å². The molecule has 0 spiro atoms. The third-order valence-electron chi connectivity index (χ3n) is 4.60. The summed E-state index contributed by atoms with van der Waals surface area (Å²) in [6.07, 6.45) is 4.48. The normalized spacial score (nSPS) is 10.5. The van der Waals surface area contributed by atoms with Gasteiger partial charge in [0.1, 0.15) is 5.75 Å². The number of pyridine rings is 1. The van der Waals surface area contributed by atoms with Gasteiger partial charge >= 0.3 is 0 Å². The zero-order chi connectivity index (χ0) is 21.5. The average molecular weight is 431 g/mol. The van der Waals surface area contributed by atoms with Gasteiger partial charge in [0, 0.05) is 34.7 Å². The Morgan fingerprint density at radius 3 is 2.39 bits per heavy atom. The number of nitrogens with zero attached hydrogens (tertiary/aromatic N) is 2. The zero-order valence-corrected chi connectivity index (χ0v) is 17.9. The Morgan fingerprint density at radius 2 is 1.68 bits per heavy atom. The molecule has 0 aliphatic heterocycles. The van der Waals surface area contributed by atoms with Crippen molar-refractivity contribution in [3.8, 4) is 17.0 Å². The molecular formula is C24H22N4O2S. The minimum atomic E-state index is -0.206. The molecule has 0 aliphatic rings. The minimum absolute atomic E-state index is 0.0393. The highest BCUT2D eigenvalue weighted by Crippen LogP contribution is 2.27. The SMILES string of the molecule is CCc1ccc(OCC(=O)Nc2ccc(Nc3nc(-c4ccncc4)cs3)cc2)cc1. The Bertz CT molecular complexity index is 1130. The van der Waals surface area contributed by atoms with Crippen molar-refractivity contribution < 1.29 is 9.53 Å². The number of carbonyl (C=O) groups is 1. The quantitative estimate of drug-likeness (QED) is 0.384. The highest BCUT2D eigenvalue weighted by atomic mass is 32.1. The molecule has 0 saturated carbocycles. The molecule has 7 heteroatoms. The van der Waals surface area contributed by atoms with Gasteiger partial charge in [0.2, 0.25) is 0 Å². The van der Waals surface area contributed by atoms with E-state index in [0.717, 1.165) is 28.5 Å². The number of nitrogens with one attached hydrogen (secondary N) is 2. The summed E-state index contributed by atoms with van der Waals surface area (Å²) in [7, 11) is 0. The van der Waals surface area contributed by atoms with Crippen molar-refractivity contribution in [1.82, 2.24) is 9.97 Å². The van der Waals surface area contributed by atoms with E-state index < -0.39 is 0 Å². The Morgan fingerprint density at radius 1 is 0.968 bits per heavy atom. The van der Waals surface area contributed by atoms with E-state index in [9.17, 15) is 4.79 Å². The van der Waals surface area contributed by atoms with Gasteiger partial charge in [-0.3, -0.25) is 9.78 Å². The number of hydrogen-bond acceptors (Lipinski definition) is 6. The smallest absolute Gasteiger partial charge is 0.262 e. The molecule has 0 saturated heterocycles. The summed E-state index contributed by atoms with van der Waals surface area (Å²) in [6.45, 7) is 2.06. The van der Waals surface area contributed by atoms with Crippen LogP contribution in [0.15, 0.2) is 78.4 Å². The summed E-state index contributed by atoms with van der Waals surface area (Å²) in [5.74, 6) is 0.476. The molecule has 0 atom stereocenters. The van der Waals surface area contributed by atoms with E-state index in [2.05, 4.69) is 27.5 Å². The molecule has 0 radical (unpaired) electrons. The third kappa shape index (κ3) is 5.67. The maximum Gasteiger partial charge on any atom is 0.262 e. The average Bonchev–Trinajstić information content (AvgIpc) is 3.28. The van der Waals surface area contributed by atoms with Crippen molar-refractivity contribution in [2.75, 3.05) is 17.2 Å². The lowest BCUT2D eigenvalue weighted by atomic mass is 10.2. The number of carbonyl (C=O) groups excluding carboxylic acids is 1. The Kier molecular flexibility index (Phi) is 6.54. The number of anilines is 3. The monoisotopic (exact) mass is 430 g/mol. The second kappa shape index (κ2) is 9.86. The van der Waals surface area contributed by atoms with E-state index in [1.165, 1.54) is 16.9 Å². The van der Waals surface area contributed by atoms with Gasteiger partial charge in [-0.1, -0.05) is 19.1 Å². The van der Waals surface area contributed by atoms with Gasteiger partial charge in [0.15, 0.2) is 11.7 Å². The van der Waals surface area contributed by atoms with E-state index in [4.69, 9.17) is 4.74 Å². The molecule has 1 amide bonds. The third-order valence-corrected chi connectivity index (χ3v) is 5.36. The molecule has 6 nitrogen and oxygen atoms in total. The number of aromatic nitrogens is 2. The molecule has 0 aliphatic carbocycles. The van der Waals surface area contributed by atoms with Gasteiger partial charge in [0.05, 0.1) is 5.69 Å². The number of rotatable bonds is 8. The molecule has 2 aromatic carbocycles. The van der Waals surface area contributed by atoms with E-state index in [0.29, 0.717) is 11.4 Å². The van der Waals surface area contributed by atoms with Gasteiger partial charge in [0.25, 0.3) is 5.91 Å². The first-order chi connectivity index (χ1) is 15.2. The molecule has 2 aromatic heterocycles. The lowest BCUT2D eigenvalue weighted by Crippen LogP contribution is -2.20. The molecule has 156 valence electrons. The Hall–Kier alpha value is -3.71. The number of hydrogen-bond donors (Lipinski definition) is 2. The maximum atomic E-state index is 12.2. The fourth-order valence-corrected chi connectivity index (χ4v) is 3.65. The van der Waals surface area contributed by atoms with Crippen LogP contribution in [0.2, 0.25) is 0 Å². The van der Waals surface area contributed by atoms with Crippen LogP contribution in [0, 0.1) is 0 Å². The molecule has 2 N–H and O–H groups in total. The first-order valence-corrected chi connectivity index (χ1v) is 10.8. The highest BCUT2D eigenvalue weighted by Gasteiger charge is 2.06. The molecule has 0 fully saturated rings. The zero-order valence-electron chi connectivity index (χ0n) is 17.0. The van der Waals surface area contributed by atoms with Crippen LogP contribution < -0.4 is 15.4 Å². The molecule has 31 heavy (non-hydrogen) atoms. The number of amides is 1. The summed E-state index contributed by atoms with van der Waals surface area (Å²) >= 11 is 1.53. The van der Waals surface area contributed by atoms with Crippen molar-refractivity contribution in [1.29, 1.82) is 0 Å². The number of aryl methyl sites for hydroxylation is 1. The van der Waals surface area contributed by atoms with Crippen LogP contribution >= 0.6 is 11.3 Å². The first kappa shape index (κ1) is 20.6. The number of thiazole rings is 1.